The smallest absolute Gasteiger partial charge is 0.198 e. The van der Waals surface area contributed by atoms with Gasteiger partial charge >= 0.3 is 0 Å². The summed E-state index contributed by atoms with van der Waals surface area (Å²) in [5.41, 5.74) is 10.2. The molecule has 252 valence electrons. The Morgan fingerprint density at radius 1 is 0.444 bits per heavy atom. The number of fused-ring (bicyclic) bond motifs is 8. The lowest BCUT2D eigenvalue weighted by molar-refractivity contribution is 1.05. The molecule has 0 unspecified atom stereocenters. The van der Waals surface area contributed by atoms with Crippen LogP contribution in [0.5, 0.6) is 0 Å². The fourth-order valence-electron chi connectivity index (χ4n) is 7.83. The molecule has 5 nitrogen and oxygen atoms in total. The molecule has 54 heavy (non-hydrogen) atoms. The highest BCUT2D eigenvalue weighted by molar-refractivity contribution is 7.26. The van der Waals surface area contributed by atoms with Gasteiger partial charge in [-0.15, -0.1) is 11.3 Å². The lowest BCUT2D eigenvalue weighted by Crippen LogP contribution is -2.02. The summed E-state index contributed by atoms with van der Waals surface area (Å²) in [6.45, 7) is 0. The average Bonchev–Trinajstić information content (AvgIpc) is 3.80. The minimum atomic E-state index is 0.469. The Kier molecular flexibility index (Phi) is 6.97. The Morgan fingerprint density at radius 2 is 1.07 bits per heavy atom. The summed E-state index contributed by atoms with van der Waals surface area (Å²) in [6.07, 6.45) is 3.82. The highest BCUT2D eigenvalue weighted by atomic mass is 32.1. The van der Waals surface area contributed by atoms with E-state index in [1.54, 1.807) is 0 Å². The molecule has 0 saturated heterocycles. The van der Waals surface area contributed by atoms with Crippen molar-refractivity contribution in [3.63, 3.8) is 0 Å². The van der Waals surface area contributed by atoms with Crippen LogP contribution < -0.4 is 0 Å². The van der Waals surface area contributed by atoms with Gasteiger partial charge in [0.05, 0.1) is 45.0 Å². The maximum atomic E-state index is 5.26. The van der Waals surface area contributed by atoms with Crippen molar-refractivity contribution >= 4 is 64.2 Å². The fourth-order valence-corrected chi connectivity index (χ4v) is 9.08. The van der Waals surface area contributed by atoms with E-state index in [1.807, 2.05) is 54.1 Å². The number of benzene rings is 7. The number of thiophene rings is 1. The number of aromatic nitrogens is 5. The van der Waals surface area contributed by atoms with E-state index in [1.165, 1.54) is 36.5 Å². The van der Waals surface area contributed by atoms with Gasteiger partial charge in [0, 0.05) is 42.8 Å². The van der Waals surface area contributed by atoms with Crippen molar-refractivity contribution in [2.75, 3.05) is 0 Å². The Labute approximate surface area is 314 Å². The van der Waals surface area contributed by atoms with E-state index in [2.05, 4.69) is 138 Å². The van der Waals surface area contributed by atoms with Gasteiger partial charge in [-0.1, -0.05) is 140 Å². The molecular formula is C48H29N5S. The Hall–Kier alpha value is -7.02. The zero-order chi connectivity index (χ0) is 35.6. The molecule has 0 bridgehead atoms. The minimum Gasteiger partial charge on any atom is -0.305 e. The van der Waals surface area contributed by atoms with Crippen molar-refractivity contribution in [1.29, 1.82) is 0 Å². The molecule has 4 heterocycles. The molecule has 4 aromatic heterocycles. The largest absolute Gasteiger partial charge is 0.305 e. The molecule has 0 atom stereocenters. The molecule has 7 aromatic carbocycles. The van der Waals surface area contributed by atoms with Crippen molar-refractivity contribution in [3.8, 4) is 50.8 Å². The lowest BCUT2D eigenvalue weighted by Gasteiger charge is -2.15. The normalized spacial score (nSPS) is 11.7. The summed E-state index contributed by atoms with van der Waals surface area (Å²) in [5, 5.41) is 5.91. The van der Waals surface area contributed by atoms with Crippen LogP contribution in [-0.2, 0) is 0 Å². The van der Waals surface area contributed by atoms with Crippen LogP contribution in [-0.4, -0.2) is 24.5 Å². The molecule has 0 aliphatic rings. The van der Waals surface area contributed by atoms with Gasteiger partial charge in [0.15, 0.2) is 11.6 Å². The van der Waals surface area contributed by atoms with E-state index in [9.17, 15) is 0 Å². The van der Waals surface area contributed by atoms with Gasteiger partial charge in [-0.3, -0.25) is 0 Å². The standard InChI is InChI=1S/C48H29N5S/c1-4-14-30(15-5-1)33-26-39(31-16-6-2-7-17-31)44-40(27-33)43(32-18-8-3-9-19-32)51-48(52-44)47-49-28-34(29-50-47)53-41-22-12-10-20-35(41)37-24-25-38-36-21-11-13-23-42(36)54-46(38)45(37)53/h1-29H. The molecule has 0 saturated carbocycles. The third-order valence-corrected chi connectivity index (χ3v) is 11.5. The van der Waals surface area contributed by atoms with Gasteiger partial charge in [0.2, 0.25) is 0 Å². The van der Waals surface area contributed by atoms with E-state index < -0.39 is 0 Å². The van der Waals surface area contributed by atoms with Gasteiger partial charge in [-0.2, -0.15) is 0 Å². The number of hydrogen-bond donors (Lipinski definition) is 0. The molecule has 0 aliphatic carbocycles. The molecule has 0 aliphatic heterocycles. The minimum absolute atomic E-state index is 0.469. The Bertz CT molecular complexity index is 3190. The van der Waals surface area contributed by atoms with Gasteiger partial charge in [-0.25, -0.2) is 19.9 Å². The molecule has 6 heteroatoms. The molecule has 0 radical (unpaired) electrons. The van der Waals surface area contributed by atoms with Crippen LogP contribution in [0, 0.1) is 0 Å². The van der Waals surface area contributed by atoms with Crippen molar-refractivity contribution in [1.82, 2.24) is 24.5 Å². The van der Waals surface area contributed by atoms with Crippen LogP contribution in [0.3, 0.4) is 0 Å². The zero-order valence-corrected chi connectivity index (χ0v) is 29.7. The summed E-state index contributed by atoms with van der Waals surface area (Å²) in [6, 6.07) is 57.5. The van der Waals surface area contributed by atoms with Crippen molar-refractivity contribution in [3.05, 3.63) is 176 Å². The van der Waals surface area contributed by atoms with Crippen LogP contribution in [0.1, 0.15) is 0 Å². The van der Waals surface area contributed by atoms with Crippen LogP contribution in [0.4, 0.5) is 0 Å². The van der Waals surface area contributed by atoms with E-state index in [0.717, 1.165) is 55.6 Å². The van der Waals surface area contributed by atoms with Gasteiger partial charge < -0.3 is 4.57 Å². The number of rotatable bonds is 5. The number of nitrogens with zero attached hydrogens (tertiary/aromatic N) is 5. The van der Waals surface area contributed by atoms with E-state index in [0.29, 0.717) is 11.6 Å². The molecule has 0 spiro atoms. The maximum Gasteiger partial charge on any atom is 0.198 e. The summed E-state index contributed by atoms with van der Waals surface area (Å²) < 4.78 is 4.83. The first-order chi connectivity index (χ1) is 26.8. The van der Waals surface area contributed by atoms with Crippen molar-refractivity contribution in [2.24, 2.45) is 0 Å². The second-order valence-corrected chi connectivity index (χ2v) is 14.5. The molecular weight excluding hydrogens is 679 g/mol. The van der Waals surface area contributed by atoms with Gasteiger partial charge in [-0.05, 0) is 41.0 Å². The predicted octanol–water partition coefficient (Wildman–Crippen LogP) is 12.6. The second-order valence-electron chi connectivity index (χ2n) is 13.5. The first-order valence-electron chi connectivity index (χ1n) is 18.0. The van der Waals surface area contributed by atoms with Crippen LogP contribution >= 0.6 is 11.3 Å². The van der Waals surface area contributed by atoms with E-state index in [4.69, 9.17) is 19.9 Å². The number of hydrogen-bond acceptors (Lipinski definition) is 5. The summed E-state index contributed by atoms with van der Waals surface area (Å²) in [7, 11) is 0. The molecule has 0 N–H and O–H groups in total. The SMILES string of the molecule is c1ccc(-c2cc(-c3ccccc3)c3nc(-c4ncc(-n5c6ccccc6c6ccc7c8ccccc8sc7c65)cn4)nc(-c4ccccc4)c3c2)cc1. The fraction of sp³-hybridized carbons (Fsp3) is 0. The lowest BCUT2D eigenvalue weighted by atomic mass is 9.94. The van der Waals surface area contributed by atoms with Crippen molar-refractivity contribution < 1.29 is 0 Å². The molecule has 11 aromatic rings. The monoisotopic (exact) mass is 707 g/mol. The predicted molar refractivity (Wildman–Crippen MR) is 224 cm³/mol. The Morgan fingerprint density at radius 3 is 1.83 bits per heavy atom. The van der Waals surface area contributed by atoms with Crippen LogP contribution in [0.15, 0.2) is 176 Å². The topological polar surface area (TPSA) is 56.5 Å². The van der Waals surface area contributed by atoms with Crippen LogP contribution in [0.2, 0.25) is 0 Å². The molecule has 0 amide bonds. The van der Waals surface area contributed by atoms with Gasteiger partial charge in [0.25, 0.3) is 0 Å². The first-order valence-corrected chi connectivity index (χ1v) is 18.8. The van der Waals surface area contributed by atoms with E-state index >= 15 is 0 Å². The van der Waals surface area contributed by atoms with E-state index in [-0.39, 0.29) is 0 Å². The highest BCUT2D eigenvalue weighted by Crippen LogP contribution is 2.43. The first kappa shape index (κ1) is 30.6. The van der Waals surface area contributed by atoms with Crippen molar-refractivity contribution in [2.45, 2.75) is 0 Å². The highest BCUT2D eigenvalue weighted by Gasteiger charge is 2.21. The van der Waals surface area contributed by atoms with Crippen LogP contribution in [0.25, 0.3) is 104 Å². The summed E-state index contributed by atoms with van der Waals surface area (Å²) in [5.74, 6) is 0.948. The number of para-hydroxylation sites is 1. The summed E-state index contributed by atoms with van der Waals surface area (Å²) >= 11 is 1.83. The third kappa shape index (κ3) is 4.85. The summed E-state index contributed by atoms with van der Waals surface area (Å²) in [4.78, 5) is 20.5. The zero-order valence-electron chi connectivity index (χ0n) is 28.9. The second kappa shape index (κ2) is 12.3. The maximum absolute atomic E-state index is 5.26. The van der Waals surface area contributed by atoms with Gasteiger partial charge in [0.1, 0.15) is 0 Å². The molecule has 11 rings (SSSR count). The molecule has 0 fully saturated rings. The average molecular weight is 708 g/mol. The third-order valence-electron chi connectivity index (χ3n) is 10.3. The quantitative estimate of drug-likeness (QED) is 0.179. The Balaban J connectivity index is 1.13.